The molecule has 1 saturated heterocycles. The number of nitro groups is 1. The van der Waals surface area contributed by atoms with Gasteiger partial charge in [-0.2, -0.15) is 4.31 Å². The lowest BCUT2D eigenvalue weighted by Crippen LogP contribution is -2.49. The van der Waals surface area contributed by atoms with Crippen molar-refractivity contribution in [3.8, 4) is 11.4 Å². The molecular weight excluding hydrogens is 432 g/mol. The van der Waals surface area contributed by atoms with Crippen molar-refractivity contribution in [1.29, 1.82) is 0 Å². The number of nitro benzene ring substituents is 1. The molecule has 10 nitrogen and oxygen atoms in total. The number of non-ortho nitro benzene ring substituents is 1. The molecule has 2 aromatic carbocycles. The zero-order chi connectivity index (χ0) is 22.9. The first kappa shape index (κ1) is 22.1. The fraction of sp³-hybridized carbons (Fsp3) is 0.333. The maximum absolute atomic E-state index is 13.1. The summed E-state index contributed by atoms with van der Waals surface area (Å²) >= 11 is 0. The summed E-state index contributed by atoms with van der Waals surface area (Å²) in [6.07, 6.45) is 1.61. The highest BCUT2D eigenvalue weighted by Gasteiger charge is 2.29. The van der Waals surface area contributed by atoms with Gasteiger partial charge < -0.3 is 0 Å². The van der Waals surface area contributed by atoms with Crippen LogP contribution in [0.1, 0.15) is 11.1 Å². The molecule has 11 heteroatoms. The molecule has 3 aromatic rings. The van der Waals surface area contributed by atoms with E-state index in [1.165, 1.54) is 16.4 Å². The van der Waals surface area contributed by atoms with Crippen LogP contribution < -0.4 is 0 Å². The number of aryl methyl sites for hydroxylation is 2. The zero-order valence-electron chi connectivity index (χ0n) is 17.9. The van der Waals surface area contributed by atoms with Crippen LogP contribution in [0, 0.1) is 24.0 Å². The van der Waals surface area contributed by atoms with Gasteiger partial charge in [0.1, 0.15) is 6.33 Å². The third-order valence-corrected chi connectivity index (χ3v) is 7.55. The molecule has 0 spiro atoms. The number of sulfonamides is 1. The Morgan fingerprint density at radius 2 is 1.72 bits per heavy atom. The number of piperazine rings is 1. The quantitative estimate of drug-likeness (QED) is 0.413. The minimum absolute atomic E-state index is 0.0156. The van der Waals surface area contributed by atoms with Crippen molar-refractivity contribution >= 4 is 15.7 Å². The van der Waals surface area contributed by atoms with Gasteiger partial charge in [0, 0.05) is 43.9 Å². The second-order valence-corrected chi connectivity index (χ2v) is 9.75. The lowest BCUT2D eigenvalue weighted by molar-refractivity contribution is -0.384. The molecule has 1 aliphatic rings. The summed E-state index contributed by atoms with van der Waals surface area (Å²) in [6, 6.07) is 11.6. The number of rotatable bonds is 6. The summed E-state index contributed by atoms with van der Waals surface area (Å²) in [6.45, 7) is 6.15. The van der Waals surface area contributed by atoms with Crippen LogP contribution in [0.15, 0.2) is 53.7 Å². The summed E-state index contributed by atoms with van der Waals surface area (Å²) in [5.41, 5.74) is 2.38. The minimum atomic E-state index is -3.53. The lowest BCUT2D eigenvalue weighted by Gasteiger charge is -2.34. The number of aromatic nitrogens is 3. The van der Waals surface area contributed by atoms with Gasteiger partial charge in [0.25, 0.3) is 5.69 Å². The second kappa shape index (κ2) is 8.77. The van der Waals surface area contributed by atoms with Crippen molar-refractivity contribution in [2.24, 2.45) is 0 Å². The molecule has 0 bridgehead atoms. The SMILES string of the molecule is Cc1ccc(C)c(S(=O)(=O)N2CCN(Cn3cnc(-c4ccc([N+](=O)[O-])cc4)n3)CC2)c1. The molecule has 1 aliphatic heterocycles. The Bertz CT molecular complexity index is 1230. The standard InChI is InChI=1S/C21H24N6O4S/c1-16-3-4-17(2)20(13-16)32(30,31)26-11-9-24(10-12-26)15-25-14-22-21(23-25)18-5-7-19(8-6-18)27(28)29/h3-8,13-14H,9-12,15H2,1-2H3. The molecular formula is C21H24N6O4S. The van der Waals surface area contributed by atoms with E-state index in [0.29, 0.717) is 49.1 Å². The Kier molecular flexibility index (Phi) is 6.04. The topological polar surface area (TPSA) is 114 Å². The average Bonchev–Trinajstić information content (AvgIpc) is 3.24. The third kappa shape index (κ3) is 4.54. The van der Waals surface area contributed by atoms with Gasteiger partial charge in [-0.1, -0.05) is 12.1 Å². The van der Waals surface area contributed by atoms with E-state index < -0.39 is 14.9 Å². The predicted octanol–water partition coefficient (Wildman–Crippen LogP) is 2.43. The summed E-state index contributed by atoms with van der Waals surface area (Å²) in [5, 5.41) is 15.2. The molecule has 1 fully saturated rings. The Hall–Kier alpha value is -3.15. The van der Waals surface area contributed by atoms with Gasteiger partial charge >= 0.3 is 0 Å². The number of benzene rings is 2. The molecule has 0 amide bonds. The summed E-state index contributed by atoms with van der Waals surface area (Å²) in [4.78, 5) is 17.1. The Labute approximate surface area is 186 Å². The molecule has 0 aliphatic carbocycles. The summed E-state index contributed by atoms with van der Waals surface area (Å²) in [5.74, 6) is 0.482. The van der Waals surface area contributed by atoms with Crippen molar-refractivity contribution < 1.29 is 13.3 Å². The van der Waals surface area contributed by atoms with Gasteiger partial charge in [-0.25, -0.2) is 18.1 Å². The van der Waals surface area contributed by atoms with E-state index in [4.69, 9.17) is 0 Å². The van der Waals surface area contributed by atoms with Crippen molar-refractivity contribution in [3.63, 3.8) is 0 Å². The van der Waals surface area contributed by atoms with Crippen molar-refractivity contribution in [2.45, 2.75) is 25.4 Å². The highest BCUT2D eigenvalue weighted by atomic mass is 32.2. The average molecular weight is 457 g/mol. The van der Waals surface area contributed by atoms with E-state index in [2.05, 4.69) is 15.0 Å². The van der Waals surface area contributed by atoms with Crippen LogP contribution in [0.4, 0.5) is 5.69 Å². The van der Waals surface area contributed by atoms with E-state index in [1.807, 2.05) is 26.0 Å². The van der Waals surface area contributed by atoms with Gasteiger partial charge in [0.2, 0.25) is 10.0 Å². The molecule has 0 unspecified atom stereocenters. The molecule has 0 saturated carbocycles. The highest BCUT2D eigenvalue weighted by molar-refractivity contribution is 7.89. The van der Waals surface area contributed by atoms with Crippen LogP contribution in [0.25, 0.3) is 11.4 Å². The molecule has 0 radical (unpaired) electrons. The first-order chi connectivity index (χ1) is 15.2. The van der Waals surface area contributed by atoms with E-state index in [-0.39, 0.29) is 5.69 Å². The van der Waals surface area contributed by atoms with Gasteiger partial charge in [-0.15, -0.1) is 5.10 Å². The van der Waals surface area contributed by atoms with E-state index in [1.54, 1.807) is 29.2 Å². The summed E-state index contributed by atoms with van der Waals surface area (Å²) in [7, 11) is -3.53. The zero-order valence-corrected chi connectivity index (χ0v) is 18.7. The number of nitrogens with zero attached hydrogens (tertiary/aromatic N) is 6. The summed E-state index contributed by atoms with van der Waals surface area (Å²) < 4.78 is 29.4. The molecule has 0 atom stereocenters. The maximum Gasteiger partial charge on any atom is 0.269 e. The Morgan fingerprint density at radius 3 is 2.38 bits per heavy atom. The van der Waals surface area contributed by atoms with Crippen LogP contribution in [0.5, 0.6) is 0 Å². The van der Waals surface area contributed by atoms with Crippen LogP contribution >= 0.6 is 0 Å². The van der Waals surface area contributed by atoms with Crippen LogP contribution in [-0.2, 0) is 16.7 Å². The molecule has 32 heavy (non-hydrogen) atoms. The van der Waals surface area contributed by atoms with Crippen LogP contribution in [-0.4, -0.2) is 63.5 Å². The third-order valence-electron chi connectivity index (χ3n) is 5.51. The molecule has 0 N–H and O–H groups in total. The van der Waals surface area contributed by atoms with Gasteiger partial charge in [-0.05, 0) is 43.2 Å². The van der Waals surface area contributed by atoms with Crippen molar-refractivity contribution in [3.05, 3.63) is 70.0 Å². The largest absolute Gasteiger partial charge is 0.282 e. The molecule has 168 valence electrons. The van der Waals surface area contributed by atoms with Gasteiger partial charge in [0.05, 0.1) is 16.5 Å². The highest BCUT2D eigenvalue weighted by Crippen LogP contribution is 2.23. The molecule has 1 aromatic heterocycles. The second-order valence-electron chi connectivity index (χ2n) is 7.84. The molecule has 4 rings (SSSR count). The first-order valence-electron chi connectivity index (χ1n) is 10.2. The van der Waals surface area contributed by atoms with Gasteiger partial charge in [-0.3, -0.25) is 15.0 Å². The van der Waals surface area contributed by atoms with E-state index in [9.17, 15) is 18.5 Å². The van der Waals surface area contributed by atoms with E-state index in [0.717, 1.165) is 11.1 Å². The maximum atomic E-state index is 13.1. The Balaban J connectivity index is 1.38. The first-order valence-corrected chi connectivity index (χ1v) is 11.6. The monoisotopic (exact) mass is 456 g/mol. The smallest absolute Gasteiger partial charge is 0.269 e. The fourth-order valence-corrected chi connectivity index (χ4v) is 5.40. The number of hydrogen-bond donors (Lipinski definition) is 0. The predicted molar refractivity (Wildman–Crippen MR) is 118 cm³/mol. The van der Waals surface area contributed by atoms with Crippen LogP contribution in [0.3, 0.4) is 0 Å². The minimum Gasteiger partial charge on any atom is -0.282 e. The number of hydrogen-bond acceptors (Lipinski definition) is 7. The van der Waals surface area contributed by atoms with Gasteiger partial charge in [0.15, 0.2) is 5.82 Å². The van der Waals surface area contributed by atoms with E-state index >= 15 is 0 Å². The Morgan fingerprint density at radius 1 is 1.03 bits per heavy atom. The van der Waals surface area contributed by atoms with Crippen LogP contribution in [0.2, 0.25) is 0 Å². The fourth-order valence-electron chi connectivity index (χ4n) is 3.67. The molecule has 2 heterocycles. The van der Waals surface area contributed by atoms with Crippen molar-refractivity contribution in [1.82, 2.24) is 24.0 Å². The van der Waals surface area contributed by atoms with Crippen molar-refractivity contribution in [2.75, 3.05) is 26.2 Å². The lowest BCUT2D eigenvalue weighted by atomic mass is 10.2. The normalized spacial score (nSPS) is 15.7.